The van der Waals surface area contributed by atoms with Gasteiger partial charge in [0.1, 0.15) is 6.61 Å². The van der Waals surface area contributed by atoms with Gasteiger partial charge in [0.25, 0.3) is 0 Å². The first-order valence-electron chi connectivity index (χ1n) is 4.26. The molecule has 1 unspecified atom stereocenters. The fraction of sp³-hybridized carbons (Fsp3) is 0.300. The van der Waals surface area contributed by atoms with E-state index in [1.54, 1.807) is 18.2 Å². The minimum absolute atomic E-state index is 0.305. The number of halogens is 4. The second-order valence-electron chi connectivity index (χ2n) is 2.99. The minimum atomic E-state index is -4.45. The fourth-order valence-corrected chi connectivity index (χ4v) is 1.25. The maximum absolute atomic E-state index is 11.9. The first-order valence-corrected chi connectivity index (χ1v) is 4.63. The molecule has 6 heteroatoms. The van der Waals surface area contributed by atoms with Crippen LogP contribution >= 0.6 is 11.6 Å². The summed E-state index contributed by atoms with van der Waals surface area (Å²) in [6, 6.07) is 7.61. The van der Waals surface area contributed by atoms with Crippen LogP contribution in [0.15, 0.2) is 24.3 Å². The summed E-state index contributed by atoms with van der Waals surface area (Å²) in [4.78, 5) is 0. The third-order valence-electron chi connectivity index (χ3n) is 1.68. The zero-order chi connectivity index (χ0) is 12.2. The predicted octanol–water partition coefficient (Wildman–Crippen LogP) is 3.48. The third kappa shape index (κ3) is 4.09. The molecule has 0 aromatic heterocycles. The van der Waals surface area contributed by atoms with Crippen molar-refractivity contribution in [2.75, 3.05) is 6.61 Å². The van der Waals surface area contributed by atoms with Gasteiger partial charge in [-0.1, -0.05) is 23.7 Å². The van der Waals surface area contributed by atoms with Crippen LogP contribution in [0.1, 0.15) is 11.7 Å². The van der Waals surface area contributed by atoms with Crippen molar-refractivity contribution in [2.45, 2.75) is 12.3 Å². The maximum Gasteiger partial charge on any atom is 0.411 e. The molecule has 0 fully saturated rings. The van der Waals surface area contributed by atoms with Crippen LogP contribution in [-0.4, -0.2) is 12.8 Å². The number of hydrogen-bond donors (Lipinski definition) is 0. The lowest BCUT2D eigenvalue weighted by Gasteiger charge is -2.12. The summed E-state index contributed by atoms with van der Waals surface area (Å²) in [6.07, 6.45) is -5.71. The summed E-state index contributed by atoms with van der Waals surface area (Å²) >= 11 is 5.65. The Labute approximate surface area is 95.2 Å². The van der Waals surface area contributed by atoms with Crippen LogP contribution in [-0.2, 0) is 4.74 Å². The van der Waals surface area contributed by atoms with Crippen LogP contribution in [0.5, 0.6) is 0 Å². The molecular formula is C10H7ClF3NO. The average molecular weight is 250 g/mol. The molecular weight excluding hydrogens is 243 g/mol. The average Bonchev–Trinajstić information content (AvgIpc) is 2.17. The van der Waals surface area contributed by atoms with Gasteiger partial charge in [0.15, 0.2) is 6.10 Å². The predicted molar refractivity (Wildman–Crippen MR) is 51.8 cm³/mol. The Morgan fingerprint density at radius 1 is 1.44 bits per heavy atom. The Bertz CT molecular complexity index is 400. The van der Waals surface area contributed by atoms with E-state index in [0.717, 1.165) is 0 Å². The van der Waals surface area contributed by atoms with Gasteiger partial charge in [-0.15, -0.1) is 0 Å². The van der Waals surface area contributed by atoms with E-state index >= 15 is 0 Å². The van der Waals surface area contributed by atoms with E-state index in [1.807, 2.05) is 0 Å². The van der Waals surface area contributed by atoms with Crippen molar-refractivity contribution in [1.82, 2.24) is 0 Å². The molecule has 1 rings (SSSR count). The molecule has 0 aliphatic carbocycles. The van der Waals surface area contributed by atoms with Crippen molar-refractivity contribution in [3.63, 3.8) is 0 Å². The number of benzene rings is 1. The minimum Gasteiger partial charge on any atom is -0.349 e. The van der Waals surface area contributed by atoms with E-state index < -0.39 is 18.9 Å². The molecule has 0 heterocycles. The number of ether oxygens (including phenoxy) is 1. The van der Waals surface area contributed by atoms with Crippen LogP contribution in [0.4, 0.5) is 13.2 Å². The number of nitriles is 1. The van der Waals surface area contributed by atoms with Crippen molar-refractivity contribution in [3.8, 4) is 6.07 Å². The van der Waals surface area contributed by atoms with Crippen LogP contribution < -0.4 is 0 Å². The van der Waals surface area contributed by atoms with E-state index in [4.69, 9.17) is 16.9 Å². The van der Waals surface area contributed by atoms with Gasteiger partial charge in [-0.2, -0.15) is 18.4 Å². The van der Waals surface area contributed by atoms with Gasteiger partial charge in [0.2, 0.25) is 0 Å². The molecule has 0 saturated carbocycles. The number of hydrogen-bond acceptors (Lipinski definition) is 2. The second-order valence-corrected chi connectivity index (χ2v) is 3.43. The normalized spacial score (nSPS) is 13.2. The Morgan fingerprint density at radius 2 is 2.12 bits per heavy atom. The van der Waals surface area contributed by atoms with Gasteiger partial charge in [-0.05, 0) is 17.7 Å². The van der Waals surface area contributed by atoms with Crippen LogP contribution in [0.3, 0.4) is 0 Å². The van der Waals surface area contributed by atoms with Crippen molar-refractivity contribution >= 4 is 11.6 Å². The summed E-state index contributed by atoms with van der Waals surface area (Å²) < 4.78 is 40.1. The molecule has 0 spiro atoms. The molecule has 1 aromatic rings. The van der Waals surface area contributed by atoms with Crippen LogP contribution in [0, 0.1) is 11.3 Å². The smallest absolute Gasteiger partial charge is 0.349 e. The number of nitrogens with zero attached hydrogens (tertiary/aromatic N) is 1. The Hall–Kier alpha value is -1.25. The van der Waals surface area contributed by atoms with Crippen molar-refractivity contribution in [2.24, 2.45) is 0 Å². The van der Waals surface area contributed by atoms with E-state index in [0.29, 0.717) is 10.6 Å². The fourth-order valence-electron chi connectivity index (χ4n) is 1.06. The molecule has 16 heavy (non-hydrogen) atoms. The van der Waals surface area contributed by atoms with Crippen molar-refractivity contribution in [3.05, 3.63) is 34.9 Å². The molecule has 0 aliphatic rings. The SMILES string of the molecule is N#CC(OCC(F)(F)F)c1cccc(Cl)c1. The Morgan fingerprint density at radius 3 is 2.62 bits per heavy atom. The number of alkyl halides is 3. The molecule has 0 bridgehead atoms. The highest BCUT2D eigenvalue weighted by Crippen LogP contribution is 2.23. The highest BCUT2D eigenvalue weighted by Gasteiger charge is 2.29. The first-order chi connectivity index (χ1) is 7.42. The zero-order valence-electron chi connectivity index (χ0n) is 7.96. The topological polar surface area (TPSA) is 33.0 Å². The van der Waals surface area contributed by atoms with E-state index in [2.05, 4.69) is 4.74 Å². The summed E-state index contributed by atoms with van der Waals surface area (Å²) in [5.74, 6) is 0. The summed E-state index contributed by atoms with van der Waals surface area (Å²) in [6.45, 7) is -1.46. The van der Waals surface area contributed by atoms with E-state index in [9.17, 15) is 13.2 Å². The molecule has 0 radical (unpaired) electrons. The monoisotopic (exact) mass is 249 g/mol. The standard InChI is InChI=1S/C10H7ClF3NO/c11-8-3-1-2-7(4-8)9(5-15)16-6-10(12,13)14/h1-4,9H,6H2. The van der Waals surface area contributed by atoms with Gasteiger partial charge in [-0.25, -0.2) is 0 Å². The largest absolute Gasteiger partial charge is 0.411 e. The quantitative estimate of drug-likeness (QED) is 0.822. The van der Waals surface area contributed by atoms with Crippen molar-refractivity contribution in [1.29, 1.82) is 5.26 Å². The van der Waals surface area contributed by atoms with E-state index in [1.165, 1.54) is 12.1 Å². The lowest BCUT2D eigenvalue weighted by molar-refractivity contribution is -0.180. The van der Waals surface area contributed by atoms with Gasteiger partial charge in [0.05, 0.1) is 6.07 Å². The molecule has 0 amide bonds. The van der Waals surface area contributed by atoms with Crippen molar-refractivity contribution < 1.29 is 17.9 Å². The van der Waals surface area contributed by atoms with Gasteiger partial charge in [-0.3, -0.25) is 0 Å². The first kappa shape index (κ1) is 12.8. The van der Waals surface area contributed by atoms with E-state index in [-0.39, 0.29) is 0 Å². The van der Waals surface area contributed by atoms with Crippen LogP contribution in [0.2, 0.25) is 5.02 Å². The maximum atomic E-state index is 11.9. The lowest BCUT2D eigenvalue weighted by Crippen LogP contribution is -2.18. The molecule has 1 atom stereocenters. The van der Waals surface area contributed by atoms with Gasteiger partial charge >= 0.3 is 6.18 Å². The molecule has 1 aromatic carbocycles. The summed E-state index contributed by atoms with van der Waals surface area (Å²) in [5.41, 5.74) is 0.305. The van der Waals surface area contributed by atoms with Gasteiger partial charge in [0, 0.05) is 5.02 Å². The highest BCUT2D eigenvalue weighted by molar-refractivity contribution is 6.30. The number of rotatable bonds is 3. The second kappa shape index (κ2) is 5.19. The Balaban J connectivity index is 2.73. The molecule has 0 N–H and O–H groups in total. The highest BCUT2D eigenvalue weighted by atomic mass is 35.5. The molecule has 2 nitrogen and oxygen atoms in total. The summed E-state index contributed by atoms with van der Waals surface area (Å²) in [5, 5.41) is 9.02. The zero-order valence-corrected chi connectivity index (χ0v) is 8.72. The molecule has 86 valence electrons. The van der Waals surface area contributed by atoms with Gasteiger partial charge < -0.3 is 4.74 Å². The summed E-state index contributed by atoms with van der Waals surface area (Å²) in [7, 11) is 0. The molecule has 0 aliphatic heterocycles. The van der Waals surface area contributed by atoms with Crippen LogP contribution in [0.25, 0.3) is 0 Å². The third-order valence-corrected chi connectivity index (χ3v) is 1.92. The lowest BCUT2D eigenvalue weighted by atomic mass is 10.1. The Kier molecular flexibility index (Phi) is 4.16. The molecule has 0 saturated heterocycles.